The van der Waals surface area contributed by atoms with Crippen LogP contribution in [0.2, 0.25) is 5.02 Å². The molecule has 0 unspecified atom stereocenters. The molecule has 1 fully saturated rings. The summed E-state index contributed by atoms with van der Waals surface area (Å²) in [7, 11) is -1.95. The standard InChI is InChI=1S/C14H21ClN2O4S/c1-20-8-9-22(18,19)16-13-3-2-12(14(15)10-13)11-17-4-6-21-7-5-17/h2-3,10,16H,4-9,11H2,1H3. The van der Waals surface area contributed by atoms with Crippen LogP contribution in [-0.2, 0) is 26.0 Å². The number of hydrogen-bond acceptors (Lipinski definition) is 5. The quantitative estimate of drug-likeness (QED) is 0.810. The summed E-state index contributed by atoms with van der Waals surface area (Å²) in [4.78, 5) is 2.26. The van der Waals surface area contributed by atoms with E-state index < -0.39 is 10.0 Å². The van der Waals surface area contributed by atoms with Crippen molar-refractivity contribution < 1.29 is 17.9 Å². The highest BCUT2D eigenvalue weighted by atomic mass is 35.5. The lowest BCUT2D eigenvalue weighted by Crippen LogP contribution is -2.35. The molecule has 0 amide bonds. The van der Waals surface area contributed by atoms with Gasteiger partial charge in [0.2, 0.25) is 10.0 Å². The van der Waals surface area contributed by atoms with Crippen molar-refractivity contribution >= 4 is 27.3 Å². The van der Waals surface area contributed by atoms with Crippen LogP contribution in [-0.4, -0.2) is 59.1 Å². The SMILES string of the molecule is COCCS(=O)(=O)Nc1ccc(CN2CCOCC2)c(Cl)c1. The van der Waals surface area contributed by atoms with Gasteiger partial charge in [-0.1, -0.05) is 17.7 Å². The molecule has 22 heavy (non-hydrogen) atoms. The van der Waals surface area contributed by atoms with Gasteiger partial charge in [0.1, 0.15) is 0 Å². The van der Waals surface area contributed by atoms with Crippen molar-refractivity contribution in [2.45, 2.75) is 6.54 Å². The summed E-state index contributed by atoms with van der Waals surface area (Å²) < 4.78 is 36.2. The van der Waals surface area contributed by atoms with E-state index >= 15 is 0 Å². The molecule has 8 heteroatoms. The highest BCUT2D eigenvalue weighted by molar-refractivity contribution is 7.92. The Hall–Kier alpha value is -0.860. The molecule has 1 N–H and O–H groups in total. The lowest BCUT2D eigenvalue weighted by molar-refractivity contribution is 0.0342. The number of ether oxygens (including phenoxy) is 2. The largest absolute Gasteiger partial charge is 0.384 e. The van der Waals surface area contributed by atoms with E-state index in [9.17, 15) is 8.42 Å². The Bertz CT molecular complexity index is 589. The molecule has 0 spiro atoms. The van der Waals surface area contributed by atoms with Crippen LogP contribution in [0, 0.1) is 0 Å². The second kappa shape index (κ2) is 8.12. The van der Waals surface area contributed by atoms with Gasteiger partial charge in [-0.2, -0.15) is 0 Å². The molecule has 0 saturated carbocycles. The first-order valence-electron chi connectivity index (χ1n) is 7.08. The molecule has 0 bridgehead atoms. The van der Waals surface area contributed by atoms with Gasteiger partial charge in [0, 0.05) is 37.5 Å². The van der Waals surface area contributed by atoms with Crippen molar-refractivity contribution in [2.75, 3.05) is 50.5 Å². The Balaban J connectivity index is 1.99. The van der Waals surface area contributed by atoms with E-state index in [4.69, 9.17) is 21.1 Å². The van der Waals surface area contributed by atoms with Crippen molar-refractivity contribution in [1.29, 1.82) is 0 Å². The monoisotopic (exact) mass is 348 g/mol. The number of anilines is 1. The van der Waals surface area contributed by atoms with Gasteiger partial charge in [0.25, 0.3) is 0 Å². The fourth-order valence-electron chi connectivity index (χ4n) is 2.16. The van der Waals surface area contributed by atoms with E-state index in [1.807, 2.05) is 6.07 Å². The van der Waals surface area contributed by atoms with Crippen molar-refractivity contribution in [3.05, 3.63) is 28.8 Å². The van der Waals surface area contributed by atoms with Crippen molar-refractivity contribution in [2.24, 2.45) is 0 Å². The van der Waals surface area contributed by atoms with Gasteiger partial charge < -0.3 is 9.47 Å². The number of nitrogens with one attached hydrogen (secondary N) is 1. The first kappa shape index (κ1) is 17.5. The minimum Gasteiger partial charge on any atom is -0.384 e. The first-order chi connectivity index (χ1) is 10.5. The lowest BCUT2D eigenvalue weighted by atomic mass is 10.2. The summed E-state index contributed by atoms with van der Waals surface area (Å²) in [5, 5.41) is 0.554. The van der Waals surface area contributed by atoms with Gasteiger partial charge in [-0.3, -0.25) is 9.62 Å². The summed E-state index contributed by atoms with van der Waals surface area (Å²) in [5.74, 6) is -0.0867. The van der Waals surface area contributed by atoms with Crippen molar-refractivity contribution in [3.63, 3.8) is 0 Å². The molecule has 1 aromatic carbocycles. The van der Waals surface area contributed by atoms with Gasteiger partial charge in [-0.25, -0.2) is 8.42 Å². The van der Waals surface area contributed by atoms with Crippen molar-refractivity contribution in [3.8, 4) is 0 Å². The van der Waals surface area contributed by atoms with E-state index in [2.05, 4.69) is 9.62 Å². The Morgan fingerprint density at radius 3 is 2.73 bits per heavy atom. The number of rotatable bonds is 7. The van der Waals surface area contributed by atoms with Crippen LogP contribution in [0.3, 0.4) is 0 Å². The topological polar surface area (TPSA) is 67.9 Å². The summed E-state index contributed by atoms with van der Waals surface area (Å²) >= 11 is 6.26. The highest BCUT2D eigenvalue weighted by Crippen LogP contribution is 2.23. The molecular weight excluding hydrogens is 328 g/mol. The maximum atomic E-state index is 11.8. The summed E-state index contributed by atoms with van der Waals surface area (Å²) in [6.07, 6.45) is 0. The van der Waals surface area contributed by atoms with Crippen molar-refractivity contribution in [1.82, 2.24) is 4.90 Å². The molecule has 2 rings (SSSR count). The number of methoxy groups -OCH3 is 1. The molecule has 1 heterocycles. The Kier molecular flexibility index (Phi) is 6.46. The zero-order valence-corrected chi connectivity index (χ0v) is 14.1. The van der Waals surface area contributed by atoms with Crippen LogP contribution in [0.5, 0.6) is 0 Å². The predicted molar refractivity (Wildman–Crippen MR) is 86.8 cm³/mol. The minimum atomic E-state index is -3.41. The van der Waals surface area contributed by atoms with Gasteiger partial charge >= 0.3 is 0 Å². The van der Waals surface area contributed by atoms with Gasteiger partial charge in [-0.15, -0.1) is 0 Å². The zero-order chi connectivity index (χ0) is 16.0. The number of benzene rings is 1. The third-order valence-corrected chi connectivity index (χ3v) is 4.98. The molecule has 1 aromatic rings. The van der Waals surface area contributed by atoms with Crippen LogP contribution >= 0.6 is 11.6 Å². The highest BCUT2D eigenvalue weighted by Gasteiger charge is 2.14. The fourth-order valence-corrected chi connectivity index (χ4v) is 3.38. The van der Waals surface area contributed by atoms with Gasteiger partial charge in [0.15, 0.2) is 0 Å². The van der Waals surface area contributed by atoms with Crippen LogP contribution in [0.15, 0.2) is 18.2 Å². The van der Waals surface area contributed by atoms with Crippen LogP contribution < -0.4 is 4.72 Å². The molecule has 1 aliphatic rings. The minimum absolute atomic E-state index is 0.0867. The number of nitrogens with zero attached hydrogens (tertiary/aromatic N) is 1. The summed E-state index contributed by atoms with van der Waals surface area (Å²) in [6.45, 7) is 4.10. The average Bonchev–Trinajstić information content (AvgIpc) is 2.49. The summed E-state index contributed by atoms with van der Waals surface area (Å²) in [6, 6.07) is 5.22. The molecule has 0 radical (unpaired) electrons. The van der Waals surface area contributed by atoms with E-state index in [1.54, 1.807) is 12.1 Å². The van der Waals surface area contributed by atoms with Crippen LogP contribution in [0.1, 0.15) is 5.56 Å². The molecule has 124 valence electrons. The Morgan fingerprint density at radius 2 is 2.09 bits per heavy atom. The van der Waals surface area contributed by atoms with E-state index in [0.29, 0.717) is 10.7 Å². The zero-order valence-electron chi connectivity index (χ0n) is 12.5. The maximum Gasteiger partial charge on any atom is 0.235 e. The first-order valence-corrected chi connectivity index (χ1v) is 9.11. The molecule has 0 aromatic heterocycles. The summed E-state index contributed by atoms with van der Waals surface area (Å²) in [5.41, 5.74) is 1.44. The smallest absolute Gasteiger partial charge is 0.235 e. The molecule has 1 aliphatic heterocycles. The van der Waals surface area contributed by atoms with E-state index in [1.165, 1.54) is 7.11 Å². The predicted octanol–water partition coefficient (Wildman–Crippen LogP) is 1.56. The second-order valence-corrected chi connectivity index (χ2v) is 7.36. The van der Waals surface area contributed by atoms with Crippen LogP contribution in [0.4, 0.5) is 5.69 Å². The molecule has 1 saturated heterocycles. The average molecular weight is 349 g/mol. The Morgan fingerprint density at radius 1 is 1.36 bits per heavy atom. The Labute approximate surface area is 136 Å². The number of hydrogen-bond donors (Lipinski definition) is 1. The van der Waals surface area contributed by atoms with E-state index in [-0.39, 0.29) is 12.4 Å². The molecule has 0 aliphatic carbocycles. The second-order valence-electron chi connectivity index (χ2n) is 5.11. The number of halogens is 1. The van der Waals surface area contributed by atoms with Crippen LogP contribution in [0.25, 0.3) is 0 Å². The normalized spacial score (nSPS) is 16.6. The molecule has 6 nitrogen and oxygen atoms in total. The number of sulfonamides is 1. The van der Waals surface area contributed by atoms with Gasteiger partial charge in [-0.05, 0) is 17.7 Å². The lowest BCUT2D eigenvalue weighted by Gasteiger charge is -2.27. The number of morpholine rings is 1. The third kappa shape index (κ3) is 5.40. The molecular formula is C14H21ClN2O4S. The molecule has 0 atom stereocenters. The third-order valence-electron chi connectivity index (χ3n) is 3.38. The maximum absolute atomic E-state index is 11.8. The van der Waals surface area contributed by atoms with E-state index in [0.717, 1.165) is 38.4 Å². The fraction of sp³-hybridized carbons (Fsp3) is 0.571. The van der Waals surface area contributed by atoms with Gasteiger partial charge in [0.05, 0.1) is 25.6 Å².